The number of carbonyl (C=O) groups is 2. The number of fused-ring (bicyclic) bond motifs is 1. The van der Waals surface area contributed by atoms with Crippen molar-refractivity contribution in [3.05, 3.63) is 66.4 Å². The lowest BCUT2D eigenvalue weighted by molar-refractivity contribution is -0.135. The third-order valence-electron chi connectivity index (χ3n) is 5.15. The van der Waals surface area contributed by atoms with E-state index in [9.17, 15) is 9.59 Å². The number of ether oxygens (including phenoxy) is 1. The van der Waals surface area contributed by atoms with Crippen molar-refractivity contribution in [1.82, 2.24) is 9.47 Å². The molecule has 150 valence electrons. The third kappa shape index (κ3) is 4.31. The monoisotopic (exact) mass is 392 g/mol. The number of hydrogen-bond donors (Lipinski definition) is 2. The zero-order chi connectivity index (χ0) is 20.2. The van der Waals surface area contributed by atoms with Crippen LogP contribution in [0.4, 0.5) is 5.69 Å². The molecule has 1 atom stereocenters. The number of nitrogens with zero attached hydrogens (tertiary/aromatic N) is 2. The fourth-order valence-corrected chi connectivity index (χ4v) is 3.51. The highest BCUT2D eigenvalue weighted by molar-refractivity contribution is 5.97. The largest absolute Gasteiger partial charge is 0.378 e. The van der Waals surface area contributed by atoms with E-state index in [0.29, 0.717) is 32.0 Å². The standard InChI is InChI=1S/C22H24N4O3/c23-21(16-4-2-1-3-5-16)22(28)24-18-6-7-19-17(14-18)8-9-26(19)15-20(27)25-10-12-29-13-11-25/h1-9,14,21H,10-13,15,23H2,(H,24,28). The topological polar surface area (TPSA) is 89.6 Å². The van der Waals surface area contributed by atoms with Crippen LogP contribution < -0.4 is 11.1 Å². The van der Waals surface area contributed by atoms with Crippen LogP contribution in [0.1, 0.15) is 11.6 Å². The van der Waals surface area contributed by atoms with Crippen molar-refractivity contribution in [1.29, 1.82) is 0 Å². The van der Waals surface area contributed by atoms with Gasteiger partial charge >= 0.3 is 0 Å². The SMILES string of the molecule is NC(C(=O)Nc1ccc2c(ccn2CC(=O)N2CCOCC2)c1)c1ccccc1. The molecule has 1 saturated heterocycles. The number of aromatic nitrogens is 1. The summed E-state index contributed by atoms with van der Waals surface area (Å²) in [5.41, 5.74) is 8.44. The Bertz CT molecular complexity index is 1010. The fourth-order valence-electron chi connectivity index (χ4n) is 3.51. The van der Waals surface area contributed by atoms with Gasteiger partial charge in [0.2, 0.25) is 11.8 Å². The lowest BCUT2D eigenvalue weighted by Crippen LogP contribution is -2.42. The minimum atomic E-state index is -0.734. The molecular formula is C22H24N4O3. The van der Waals surface area contributed by atoms with Crippen molar-refractivity contribution in [2.24, 2.45) is 5.73 Å². The molecule has 0 radical (unpaired) electrons. The maximum absolute atomic E-state index is 12.5. The van der Waals surface area contributed by atoms with E-state index in [2.05, 4.69) is 5.32 Å². The molecule has 1 fully saturated rings. The van der Waals surface area contributed by atoms with E-state index in [1.165, 1.54) is 0 Å². The van der Waals surface area contributed by atoms with Crippen molar-refractivity contribution in [2.45, 2.75) is 12.6 Å². The minimum Gasteiger partial charge on any atom is -0.378 e. The molecule has 2 aromatic carbocycles. The minimum absolute atomic E-state index is 0.0806. The molecule has 0 spiro atoms. The van der Waals surface area contributed by atoms with Gasteiger partial charge < -0.3 is 25.3 Å². The molecule has 2 amide bonds. The van der Waals surface area contributed by atoms with Gasteiger partial charge in [-0.2, -0.15) is 0 Å². The summed E-state index contributed by atoms with van der Waals surface area (Å²) in [4.78, 5) is 26.8. The Morgan fingerprint density at radius 2 is 1.83 bits per heavy atom. The predicted octanol–water partition coefficient (Wildman–Crippen LogP) is 2.14. The van der Waals surface area contributed by atoms with Gasteiger partial charge in [-0.3, -0.25) is 9.59 Å². The van der Waals surface area contributed by atoms with Gasteiger partial charge in [0.25, 0.3) is 0 Å². The molecule has 4 rings (SSSR count). The molecule has 3 N–H and O–H groups in total. The van der Waals surface area contributed by atoms with Gasteiger partial charge in [0, 0.05) is 35.9 Å². The molecule has 7 heteroatoms. The van der Waals surface area contributed by atoms with E-state index in [0.717, 1.165) is 16.5 Å². The van der Waals surface area contributed by atoms with Gasteiger partial charge in [-0.25, -0.2) is 0 Å². The Morgan fingerprint density at radius 3 is 2.59 bits per heavy atom. The number of nitrogens with two attached hydrogens (primary N) is 1. The second-order valence-corrected chi connectivity index (χ2v) is 7.09. The van der Waals surface area contributed by atoms with Crippen LogP contribution >= 0.6 is 0 Å². The van der Waals surface area contributed by atoms with Crippen LogP contribution in [0.5, 0.6) is 0 Å². The van der Waals surface area contributed by atoms with Crippen molar-refractivity contribution in [3.8, 4) is 0 Å². The maximum atomic E-state index is 12.5. The summed E-state index contributed by atoms with van der Waals surface area (Å²) in [5.74, 6) is -0.186. The van der Waals surface area contributed by atoms with Gasteiger partial charge in [0.1, 0.15) is 12.6 Å². The zero-order valence-electron chi connectivity index (χ0n) is 16.1. The molecule has 2 heterocycles. The predicted molar refractivity (Wildman–Crippen MR) is 111 cm³/mol. The molecule has 1 aliphatic heterocycles. The smallest absolute Gasteiger partial charge is 0.245 e. The number of hydrogen-bond acceptors (Lipinski definition) is 4. The van der Waals surface area contributed by atoms with Crippen LogP contribution in [0.2, 0.25) is 0 Å². The number of benzene rings is 2. The van der Waals surface area contributed by atoms with E-state index < -0.39 is 6.04 Å². The van der Waals surface area contributed by atoms with Gasteiger partial charge in [-0.15, -0.1) is 0 Å². The highest BCUT2D eigenvalue weighted by Gasteiger charge is 2.18. The average molecular weight is 392 g/mol. The molecule has 1 aromatic heterocycles. The molecule has 1 unspecified atom stereocenters. The number of rotatable bonds is 5. The normalized spacial score (nSPS) is 15.3. The van der Waals surface area contributed by atoms with Crippen molar-refractivity contribution >= 4 is 28.4 Å². The van der Waals surface area contributed by atoms with E-state index in [1.54, 1.807) is 0 Å². The highest BCUT2D eigenvalue weighted by Crippen LogP contribution is 2.22. The number of morpholine rings is 1. The van der Waals surface area contributed by atoms with Gasteiger partial charge in [-0.1, -0.05) is 30.3 Å². The first kappa shape index (κ1) is 19.2. The molecule has 7 nitrogen and oxygen atoms in total. The summed E-state index contributed by atoms with van der Waals surface area (Å²) in [7, 11) is 0. The lowest BCUT2D eigenvalue weighted by Gasteiger charge is -2.27. The quantitative estimate of drug-likeness (QED) is 0.696. The summed E-state index contributed by atoms with van der Waals surface area (Å²) in [6.45, 7) is 2.73. The second kappa shape index (κ2) is 8.46. The van der Waals surface area contributed by atoms with Gasteiger partial charge in [-0.05, 0) is 29.8 Å². The molecule has 0 bridgehead atoms. The first-order chi connectivity index (χ1) is 14.1. The lowest BCUT2D eigenvalue weighted by atomic mass is 10.1. The fraction of sp³-hybridized carbons (Fsp3) is 0.273. The number of amides is 2. The van der Waals surface area contributed by atoms with Crippen molar-refractivity contribution in [2.75, 3.05) is 31.6 Å². The van der Waals surface area contributed by atoms with E-state index >= 15 is 0 Å². The molecule has 1 aliphatic rings. The average Bonchev–Trinajstić information content (AvgIpc) is 3.16. The Morgan fingerprint density at radius 1 is 1.07 bits per heavy atom. The van der Waals surface area contributed by atoms with E-state index in [4.69, 9.17) is 10.5 Å². The Balaban J connectivity index is 1.45. The van der Waals surface area contributed by atoms with Crippen LogP contribution in [0.3, 0.4) is 0 Å². The first-order valence-corrected chi connectivity index (χ1v) is 9.67. The van der Waals surface area contributed by atoms with Crippen molar-refractivity contribution in [3.63, 3.8) is 0 Å². The number of anilines is 1. The summed E-state index contributed by atoms with van der Waals surface area (Å²) in [5, 5.41) is 3.82. The third-order valence-corrected chi connectivity index (χ3v) is 5.15. The Labute approximate surface area is 169 Å². The van der Waals surface area contributed by atoms with Crippen LogP contribution in [0.15, 0.2) is 60.8 Å². The van der Waals surface area contributed by atoms with Crippen molar-refractivity contribution < 1.29 is 14.3 Å². The van der Waals surface area contributed by atoms with E-state index in [-0.39, 0.29) is 18.4 Å². The van der Waals surface area contributed by atoms with E-state index in [1.807, 2.05) is 70.3 Å². The van der Waals surface area contributed by atoms with Crippen LogP contribution in [0.25, 0.3) is 10.9 Å². The maximum Gasteiger partial charge on any atom is 0.245 e. The second-order valence-electron chi connectivity index (χ2n) is 7.09. The summed E-state index contributed by atoms with van der Waals surface area (Å²) >= 11 is 0. The first-order valence-electron chi connectivity index (χ1n) is 9.67. The molecule has 0 aliphatic carbocycles. The van der Waals surface area contributed by atoms with Crippen LogP contribution in [-0.2, 0) is 20.9 Å². The highest BCUT2D eigenvalue weighted by atomic mass is 16.5. The summed E-state index contributed by atoms with van der Waals surface area (Å²) < 4.78 is 7.23. The molecule has 0 saturated carbocycles. The summed E-state index contributed by atoms with van der Waals surface area (Å²) in [6, 6.07) is 16.1. The number of nitrogens with one attached hydrogen (secondary N) is 1. The van der Waals surface area contributed by atoms with Crippen LogP contribution in [-0.4, -0.2) is 47.6 Å². The molecule has 29 heavy (non-hydrogen) atoms. The summed E-state index contributed by atoms with van der Waals surface area (Å²) in [6.07, 6.45) is 1.89. The van der Waals surface area contributed by atoms with Gasteiger partial charge in [0.15, 0.2) is 0 Å². The Kier molecular flexibility index (Phi) is 5.59. The Hall–Kier alpha value is -3.16. The molecular weight excluding hydrogens is 368 g/mol. The molecule has 3 aromatic rings. The zero-order valence-corrected chi connectivity index (χ0v) is 16.1. The van der Waals surface area contributed by atoms with Gasteiger partial charge in [0.05, 0.1) is 13.2 Å². The van der Waals surface area contributed by atoms with Crippen LogP contribution in [0, 0.1) is 0 Å². The number of carbonyl (C=O) groups excluding carboxylic acids is 2.